The SMILES string of the molecule is CCC(C)CC(C)NC(=O)NC(CCC(N)=O)C(=O)O. The summed E-state index contributed by atoms with van der Waals surface area (Å²) in [5.41, 5.74) is 4.96. The number of amides is 3. The third-order valence-corrected chi connectivity index (χ3v) is 3.11. The van der Waals surface area contributed by atoms with Gasteiger partial charge >= 0.3 is 12.0 Å². The summed E-state index contributed by atoms with van der Waals surface area (Å²) in [6.07, 6.45) is 1.74. The Hall–Kier alpha value is -1.79. The number of carboxylic acid groups (broad SMARTS) is 1. The lowest BCUT2D eigenvalue weighted by Crippen LogP contribution is -2.48. The molecule has 0 fully saturated rings. The highest BCUT2D eigenvalue weighted by Crippen LogP contribution is 2.09. The molecule has 3 unspecified atom stereocenters. The van der Waals surface area contributed by atoms with Crippen molar-refractivity contribution in [2.24, 2.45) is 11.7 Å². The van der Waals surface area contributed by atoms with Crippen LogP contribution in [-0.2, 0) is 9.59 Å². The number of carboxylic acids is 1. The van der Waals surface area contributed by atoms with Gasteiger partial charge in [-0.05, 0) is 25.7 Å². The Morgan fingerprint density at radius 1 is 1.20 bits per heavy atom. The van der Waals surface area contributed by atoms with Gasteiger partial charge in [-0.1, -0.05) is 20.3 Å². The zero-order valence-electron chi connectivity index (χ0n) is 12.3. The molecule has 0 aliphatic carbocycles. The van der Waals surface area contributed by atoms with Gasteiger partial charge in [0.05, 0.1) is 0 Å². The summed E-state index contributed by atoms with van der Waals surface area (Å²) in [5.74, 6) is -1.30. The molecule has 7 heteroatoms. The maximum Gasteiger partial charge on any atom is 0.326 e. The predicted octanol–water partition coefficient (Wildman–Crippen LogP) is 0.829. The van der Waals surface area contributed by atoms with Crippen molar-refractivity contribution in [2.45, 2.75) is 58.5 Å². The second-order valence-corrected chi connectivity index (χ2v) is 5.16. The molecule has 0 saturated heterocycles. The van der Waals surface area contributed by atoms with Crippen LogP contribution in [0.2, 0.25) is 0 Å². The van der Waals surface area contributed by atoms with Crippen LogP contribution >= 0.6 is 0 Å². The Morgan fingerprint density at radius 3 is 2.25 bits per heavy atom. The summed E-state index contributed by atoms with van der Waals surface area (Å²) in [5, 5.41) is 14.0. The Bertz CT molecular complexity index is 347. The van der Waals surface area contributed by atoms with E-state index in [1.165, 1.54) is 0 Å². The van der Waals surface area contributed by atoms with Gasteiger partial charge in [-0.25, -0.2) is 9.59 Å². The second kappa shape index (κ2) is 9.17. The molecule has 3 atom stereocenters. The standard InChI is InChI=1S/C13H25N3O4/c1-4-8(2)7-9(3)15-13(20)16-10(12(18)19)5-6-11(14)17/h8-10H,4-7H2,1-3H3,(H2,14,17)(H,18,19)(H2,15,16,20). The molecule has 116 valence electrons. The van der Waals surface area contributed by atoms with Crippen molar-refractivity contribution < 1.29 is 19.5 Å². The van der Waals surface area contributed by atoms with Crippen molar-refractivity contribution in [3.05, 3.63) is 0 Å². The summed E-state index contributed by atoms with van der Waals surface area (Å²) in [6, 6.07) is -1.70. The molecule has 0 spiro atoms. The number of rotatable bonds is 9. The van der Waals surface area contributed by atoms with E-state index >= 15 is 0 Å². The lowest BCUT2D eigenvalue weighted by molar-refractivity contribution is -0.139. The van der Waals surface area contributed by atoms with Crippen LogP contribution in [0.4, 0.5) is 4.79 Å². The number of hydrogen-bond donors (Lipinski definition) is 4. The first-order chi connectivity index (χ1) is 9.26. The van der Waals surface area contributed by atoms with Crippen molar-refractivity contribution in [2.75, 3.05) is 0 Å². The van der Waals surface area contributed by atoms with Gasteiger partial charge in [-0.15, -0.1) is 0 Å². The lowest BCUT2D eigenvalue weighted by atomic mass is 10.0. The summed E-state index contributed by atoms with van der Waals surface area (Å²) < 4.78 is 0. The number of nitrogens with two attached hydrogens (primary N) is 1. The van der Waals surface area contributed by atoms with Gasteiger partial charge in [0.1, 0.15) is 6.04 Å². The number of urea groups is 1. The fraction of sp³-hybridized carbons (Fsp3) is 0.769. The maximum atomic E-state index is 11.7. The van der Waals surface area contributed by atoms with Crippen LogP contribution in [0, 0.1) is 5.92 Å². The molecule has 0 aromatic carbocycles. The first-order valence-corrected chi connectivity index (χ1v) is 6.84. The Kier molecular flexibility index (Phi) is 8.35. The largest absolute Gasteiger partial charge is 0.480 e. The molecule has 0 rings (SSSR count). The van der Waals surface area contributed by atoms with E-state index in [9.17, 15) is 14.4 Å². The summed E-state index contributed by atoms with van der Waals surface area (Å²) >= 11 is 0. The zero-order valence-corrected chi connectivity index (χ0v) is 12.3. The van der Waals surface area contributed by atoms with E-state index in [1.807, 2.05) is 6.92 Å². The average molecular weight is 287 g/mol. The molecule has 0 aliphatic heterocycles. The van der Waals surface area contributed by atoms with Crippen LogP contribution in [0.25, 0.3) is 0 Å². The molecule has 0 aliphatic rings. The van der Waals surface area contributed by atoms with Crippen LogP contribution in [0.5, 0.6) is 0 Å². The Balaban J connectivity index is 4.25. The first kappa shape index (κ1) is 18.2. The molecule has 0 aromatic rings. The molecule has 20 heavy (non-hydrogen) atoms. The van der Waals surface area contributed by atoms with Crippen molar-refractivity contribution in [1.29, 1.82) is 0 Å². The lowest BCUT2D eigenvalue weighted by Gasteiger charge is -2.20. The number of carbonyl (C=O) groups is 3. The molecule has 0 heterocycles. The van der Waals surface area contributed by atoms with Gasteiger partial charge in [-0.2, -0.15) is 0 Å². The number of primary amides is 1. The smallest absolute Gasteiger partial charge is 0.326 e. The number of hydrogen-bond acceptors (Lipinski definition) is 3. The van der Waals surface area contributed by atoms with Crippen molar-refractivity contribution in [1.82, 2.24) is 10.6 Å². The van der Waals surface area contributed by atoms with Gasteiger partial charge in [0.25, 0.3) is 0 Å². The molecule has 0 bridgehead atoms. The first-order valence-electron chi connectivity index (χ1n) is 6.84. The Morgan fingerprint density at radius 2 is 1.80 bits per heavy atom. The third kappa shape index (κ3) is 8.34. The third-order valence-electron chi connectivity index (χ3n) is 3.11. The van der Waals surface area contributed by atoms with E-state index in [2.05, 4.69) is 24.5 Å². The van der Waals surface area contributed by atoms with Crippen LogP contribution in [0.15, 0.2) is 0 Å². The second-order valence-electron chi connectivity index (χ2n) is 5.16. The van der Waals surface area contributed by atoms with Gasteiger partial charge in [0, 0.05) is 12.5 Å². The number of carbonyl (C=O) groups excluding carboxylic acids is 2. The topological polar surface area (TPSA) is 122 Å². The van der Waals surface area contributed by atoms with Crippen LogP contribution in [-0.4, -0.2) is 35.1 Å². The van der Waals surface area contributed by atoms with E-state index in [0.29, 0.717) is 5.92 Å². The van der Waals surface area contributed by atoms with E-state index < -0.39 is 23.9 Å². The number of nitrogens with one attached hydrogen (secondary N) is 2. The van der Waals surface area contributed by atoms with E-state index in [-0.39, 0.29) is 18.9 Å². The summed E-state index contributed by atoms with van der Waals surface area (Å²) in [7, 11) is 0. The fourth-order valence-electron chi connectivity index (χ4n) is 1.80. The van der Waals surface area contributed by atoms with Crippen LogP contribution in [0.1, 0.15) is 46.5 Å². The Labute approximate surface area is 119 Å². The summed E-state index contributed by atoms with van der Waals surface area (Å²) in [6.45, 7) is 6.02. The number of aliphatic carboxylic acids is 1. The molecule has 5 N–H and O–H groups in total. The van der Waals surface area contributed by atoms with E-state index in [0.717, 1.165) is 12.8 Å². The van der Waals surface area contributed by atoms with Crippen molar-refractivity contribution >= 4 is 17.9 Å². The minimum atomic E-state index is -1.18. The van der Waals surface area contributed by atoms with Crippen molar-refractivity contribution in [3.8, 4) is 0 Å². The van der Waals surface area contributed by atoms with Crippen molar-refractivity contribution in [3.63, 3.8) is 0 Å². The summed E-state index contributed by atoms with van der Waals surface area (Å²) in [4.78, 5) is 33.3. The molecule has 0 saturated carbocycles. The normalized spacial score (nSPS) is 14.9. The molecule has 7 nitrogen and oxygen atoms in total. The van der Waals surface area contributed by atoms with Crippen LogP contribution < -0.4 is 16.4 Å². The quantitative estimate of drug-likeness (QED) is 0.501. The van der Waals surface area contributed by atoms with Gasteiger partial charge in [0.15, 0.2) is 0 Å². The molecule has 0 aromatic heterocycles. The van der Waals surface area contributed by atoms with Gasteiger partial charge in [0.2, 0.25) is 5.91 Å². The minimum Gasteiger partial charge on any atom is -0.480 e. The highest BCUT2D eigenvalue weighted by atomic mass is 16.4. The van der Waals surface area contributed by atoms with E-state index in [4.69, 9.17) is 10.8 Å². The average Bonchev–Trinajstić information content (AvgIpc) is 2.33. The maximum absolute atomic E-state index is 11.7. The van der Waals surface area contributed by atoms with Gasteiger partial charge < -0.3 is 21.5 Å². The molecular weight excluding hydrogens is 262 g/mol. The highest BCUT2D eigenvalue weighted by molar-refractivity contribution is 5.83. The monoisotopic (exact) mass is 287 g/mol. The molecular formula is C13H25N3O4. The highest BCUT2D eigenvalue weighted by Gasteiger charge is 2.21. The molecule has 3 amide bonds. The minimum absolute atomic E-state index is 0.0160. The van der Waals surface area contributed by atoms with Crippen LogP contribution in [0.3, 0.4) is 0 Å². The zero-order chi connectivity index (χ0) is 15.7. The fourth-order valence-corrected chi connectivity index (χ4v) is 1.80. The van der Waals surface area contributed by atoms with Gasteiger partial charge in [-0.3, -0.25) is 4.79 Å². The predicted molar refractivity (Wildman–Crippen MR) is 75.1 cm³/mol. The molecule has 0 radical (unpaired) electrons. The van der Waals surface area contributed by atoms with E-state index in [1.54, 1.807) is 0 Å².